The topological polar surface area (TPSA) is 29.4 Å². The van der Waals surface area contributed by atoms with Crippen LogP contribution in [0.1, 0.15) is 12.8 Å². The van der Waals surface area contributed by atoms with Crippen LogP contribution in [0.4, 0.5) is 0 Å². The summed E-state index contributed by atoms with van der Waals surface area (Å²) in [5.74, 6) is 0. The normalized spacial score (nSPS) is 9.78. The number of hydrogen-bond donors (Lipinski definition) is 0. The molecule has 2 nitrogen and oxygen atoms in total. The van der Waals surface area contributed by atoms with Crippen LogP contribution >= 0.6 is 0 Å². The van der Waals surface area contributed by atoms with Crippen molar-refractivity contribution in [2.24, 2.45) is 4.99 Å². The molecule has 0 amide bonds. The molecule has 9 heavy (non-hydrogen) atoms. The van der Waals surface area contributed by atoms with E-state index in [1.165, 1.54) is 0 Å². The Labute approximate surface area is 55.3 Å². The summed E-state index contributed by atoms with van der Waals surface area (Å²) < 4.78 is 0. The average Bonchev–Trinajstić information content (AvgIpc) is 1.89. The smallest absolute Gasteiger partial charge is 0.198 e. The molecule has 0 aliphatic carbocycles. The van der Waals surface area contributed by atoms with Crippen molar-refractivity contribution in [2.75, 3.05) is 6.54 Å². The fourth-order valence-corrected chi connectivity index (χ4v) is 0.315. The molecule has 0 aromatic heterocycles. The van der Waals surface area contributed by atoms with E-state index in [4.69, 9.17) is 0 Å². The van der Waals surface area contributed by atoms with Crippen LogP contribution in [0, 0.1) is 0 Å². The van der Waals surface area contributed by atoms with E-state index < -0.39 is 0 Å². The van der Waals surface area contributed by atoms with Crippen molar-refractivity contribution in [3.05, 3.63) is 12.7 Å². The molecule has 0 saturated heterocycles. The highest BCUT2D eigenvalue weighted by molar-refractivity contribution is 5.63. The van der Waals surface area contributed by atoms with Crippen molar-refractivity contribution in [1.82, 2.24) is 0 Å². The van der Waals surface area contributed by atoms with Crippen LogP contribution in [0.5, 0.6) is 0 Å². The maximum atomic E-state index is 9.61. The Balaban J connectivity index is 3.03. The molecule has 0 aliphatic rings. The summed E-state index contributed by atoms with van der Waals surface area (Å²) in [5.41, 5.74) is 0. The molecule has 0 saturated carbocycles. The highest BCUT2D eigenvalue weighted by Gasteiger charge is 1.78. The molecule has 0 heterocycles. The standard InChI is InChI=1S/C7H9NO/c1-2-5-8-6-3-4-7-9/h2H,1,3-5H2. The number of hydrogen-bond acceptors (Lipinski definition) is 2. The SMILES string of the molecule is C=CC/N=[C]/CC[C]=O. The first kappa shape index (κ1) is 8.08. The van der Waals surface area contributed by atoms with Crippen molar-refractivity contribution < 1.29 is 4.79 Å². The quantitative estimate of drug-likeness (QED) is 0.305. The Hall–Kier alpha value is -0.920. The Morgan fingerprint density at radius 2 is 2.33 bits per heavy atom. The van der Waals surface area contributed by atoms with E-state index in [1.54, 1.807) is 12.4 Å². The average molecular weight is 123 g/mol. The van der Waals surface area contributed by atoms with Gasteiger partial charge in [0.05, 0.1) is 12.8 Å². The van der Waals surface area contributed by atoms with Crippen LogP contribution in [0.15, 0.2) is 17.6 Å². The molecular formula is C7H9NO. The monoisotopic (exact) mass is 123 g/mol. The van der Waals surface area contributed by atoms with Gasteiger partial charge in [0, 0.05) is 6.42 Å². The molecule has 0 bridgehead atoms. The lowest BCUT2D eigenvalue weighted by Gasteiger charge is -1.79. The van der Waals surface area contributed by atoms with E-state index in [9.17, 15) is 4.79 Å². The van der Waals surface area contributed by atoms with Crippen LogP contribution in [-0.2, 0) is 4.79 Å². The third kappa shape index (κ3) is 7.08. The predicted molar refractivity (Wildman–Crippen MR) is 37.4 cm³/mol. The summed E-state index contributed by atoms with van der Waals surface area (Å²) in [4.78, 5) is 13.4. The molecule has 0 N–H and O–H groups in total. The third-order valence-electron chi connectivity index (χ3n) is 0.671. The van der Waals surface area contributed by atoms with Gasteiger partial charge in [0.2, 0.25) is 0 Å². The van der Waals surface area contributed by atoms with Gasteiger partial charge in [-0.1, -0.05) is 6.08 Å². The summed E-state index contributed by atoms with van der Waals surface area (Å²) >= 11 is 0. The van der Waals surface area contributed by atoms with Gasteiger partial charge in [-0.2, -0.15) is 0 Å². The van der Waals surface area contributed by atoms with E-state index >= 15 is 0 Å². The van der Waals surface area contributed by atoms with Gasteiger partial charge in [0.15, 0.2) is 6.29 Å². The molecule has 2 heteroatoms. The minimum absolute atomic E-state index is 0.390. The maximum absolute atomic E-state index is 9.61. The van der Waals surface area contributed by atoms with Gasteiger partial charge < -0.3 is 0 Å². The van der Waals surface area contributed by atoms with Gasteiger partial charge in [0.1, 0.15) is 0 Å². The lowest BCUT2D eigenvalue weighted by Crippen LogP contribution is -1.78. The van der Waals surface area contributed by atoms with E-state index in [0.717, 1.165) is 0 Å². The van der Waals surface area contributed by atoms with Crippen molar-refractivity contribution in [1.29, 1.82) is 0 Å². The lowest BCUT2D eigenvalue weighted by atomic mass is 10.4. The van der Waals surface area contributed by atoms with Gasteiger partial charge in [-0.25, -0.2) is 0 Å². The molecule has 0 spiro atoms. The van der Waals surface area contributed by atoms with Gasteiger partial charge in [-0.15, -0.1) is 6.58 Å². The molecule has 0 aromatic carbocycles. The number of aliphatic imine (C=N–C) groups is 1. The second kappa shape index (κ2) is 7.08. The first-order valence-electron chi connectivity index (χ1n) is 2.77. The van der Waals surface area contributed by atoms with E-state index in [1.807, 2.05) is 0 Å². The molecule has 48 valence electrons. The van der Waals surface area contributed by atoms with Crippen molar-refractivity contribution in [2.45, 2.75) is 12.8 Å². The molecule has 0 atom stereocenters. The van der Waals surface area contributed by atoms with E-state index in [-0.39, 0.29) is 0 Å². The first-order chi connectivity index (χ1) is 4.41. The molecule has 0 unspecified atom stereocenters. The number of nitrogens with zero attached hydrogens (tertiary/aromatic N) is 1. The van der Waals surface area contributed by atoms with Crippen LogP contribution < -0.4 is 0 Å². The van der Waals surface area contributed by atoms with E-state index in [0.29, 0.717) is 19.4 Å². The maximum Gasteiger partial charge on any atom is 0.198 e. The predicted octanol–water partition coefficient (Wildman–Crippen LogP) is 1.01. The van der Waals surface area contributed by atoms with E-state index in [2.05, 4.69) is 17.8 Å². The second-order valence-electron chi connectivity index (χ2n) is 1.43. The van der Waals surface area contributed by atoms with Crippen LogP contribution in [-0.4, -0.2) is 19.0 Å². The van der Waals surface area contributed by atoms with Gasteiger partial charge in [0.25, 0.3) is 0 Å². The highest BCUT2D eigenvalue weighted by atomic mass is 16.1. The van der Waals surface area contributed by atoms with Gasteiger partial charge in [-0.3, -0.25) is 9.79 Å². The number of rotatable bonds is 5. The molecule has 0 rings (SSSR count). The summed E-state index contributed by atoms with van der Waals surface area (Å²) in [7, 11) is 0. The molecule has 0 fully saturated rings. The second-order valence-corrected chi connectivity index (χ2v) is 1.43. The lowest BCUT2D eigenvalue weighted by molar-refractivity contribution is 0.552. The zero-order valence-electron chi connectivity index (χ0n) is 5.26. The van der Waals surface area contributed by atoms with Crippen LogP contribution in [0.25, 0.3) is 0 Å². The molecule has 0 aromatic rings. The summed E-state index contributed by atoms with van der Waals surface area (Å²) in [5, 5.41) is 0. The molecule has 2 radical (unpaired) electrons. The Bertz CT molecular complexity index is 107. The molecular weight excluding hydrogens is 114 g/mol. The van der Waals surface area contributed by atoms with Gasteiger partial charge in [-0.05, 0) is 6.42 Å². The number of unbranched alkanes of at least 4 members (excludes halogenated alkanes) is 1. The highest BCUT2D eigenvalue weighted by Crippen LogP contribution is 1.78. The molecule has 0 aliphatic heterocycles. The fraction of sp³-hybridized carbons (Fsp3) is 0.429. The fourth-order valence-electron chi connectivity index (χ4n) is 0.315. The van der Waals surface area contributed by atoms with Crippen molar-refractivity contribution in [3.63, 3.8) is 0 Å². The Kier molecular flexibility index (Phi) is 6.36. The number of carbonyl (C=O) groups excluding carboxylic acids is 1. The third-order valence-corrected chi connectivity index (χ3v) is 0.671. The minimum Gasteiger partial charge on any atom is -0.291 e. The van der Waals surface area contributed by atoms with Gasteiger partial charge >= 0.3 is 0 Å². The Morgan fingerprint density at radius 3 is 2.89 bits per heavy atom. The zero-order chi connectivity index (χ0) is 6.95. The summed E-state index contributed by atoms with van der Waals surface area (Å²) in [6.45, 7) is 4.05. The first-order valence-corrected chi connectivity index (χ1v) is 2.77. The Morgan fingerprint density at radius 1 is 1.56 bits per heavy atom. The summed E-state index contributed by atoms with van der Waals surface area (Å²) in [6, 6.07) is 0. The summed E-state index contributed by atoms with van der Waals surface area (Å²) in [6.07, 6.45) is 7.06. The van der Waals surface area contributed by atoms with Crippen molar-refractivity contribution >= 4 is 12.5 Å². The largest absolute Gasteiger partial charge is 0.291 e. The minimum atomic E-state index is 0.390. The van der Waals surface area contributed by atoms with Crippen molar-refractivity contribution in [3.8, 4) is 0 Å². The van der Waals surface area contributed by atoms with Crippen LogP contribution in [0.3, 0.4) is 0 Å². The zero-order valence-corrected chi connectivity index (χ0v) is 5.26. The van der Waals surface area contributed by atoms with Crippen LogP contribution in [0.2, 0.25) is 0 Å².